The first-order chi connectivity index (χ1) is 13.0. The second kappa shape index (κ2) is 9.35. The fourth-order valence-electron chi connectivity index (χ4n) is 2.19. The SMILES string of the molecule is CCCOc1cccc(/C=C/c2[nH]c(=S)[nH]c(=O)c2C#N)c1OCC(=O)O. The summed E-state index contributed by atoms with van der Waals surface area (Å²) < 4.78 is 11.1. The summed E-state index contributed by atoms with van der Waals surface area (Å²) in [6, 6.07) is 6.91. The zero-order valence-corrected chi connectivity index (χ0v) is 15.3. The van der Waals surface area contributed by atoms with Crippen molar-refractivity contribution in [3.05, 3.63) is 50.1 Å². The zero-order valence-electron chi connectivity index (χ0n) is 14.4. The first-order valence-electron chi connectivity index (χ1n) is 8.01. The third-order valence-electron chi connectivity index (χ3n) is 3.32. The molecule has 0 spiro atoms. The Morgan fingerprint density at radius 2 is 2.11 bits per heavy atom. The molecule has 140 valence electrons. The first kappa shape index (κ1) is 19.9. The summed E-state index contributed by atoms with van der Waals surface area (Å²) in [5.74, 6) is -0.466. The predicted molar refractivity (Wildman–Crippen MR) is 101 cm³/mol. The van der Waals surface area contributed by atoms with E-state index in [0.29, 0.717) is 17.9 Å². The van der Waals surface area contributed by atoms with Gasteiger partial charge in [-0.05, 0) is 36.9 Å². The van der Waals surface area contributed by atoms with Gasteiger partial charge in [-0.15, -0.1) is 0 Å². The van der Waals surface area contributed by atoms with Gasteiger partial charge in [0.25, 0.3) is 5.56 Å². The number of nitrogens with zero attached hydrogens (tertiary/aromatic N) is 1. The van der Waals surface area contributed by atoms with Crippen LogP contribution in [0.4, 0.5) is 0 Å². The van der Waals surface area contributed by atoms with E-state index in [0.717, 1.165) is 6.42 Å². The van der Waals surface area contributed by atoms with Crippen molar-refractivity contribution in [3.8, 4) is 17.6 Å². The van der Waals surface area contributed by atoms with Crippen molar-refractivity contribution in [1.82, 2.24) is 9.97 Å². The fraction of sp³-hybridized carbons (Fsp3) is 0.222. The van der Waals surface area contributed by atoms with Crippen LogP contribution in [0.1, 0.15) is 30.2 Å². The Labute approximate surface area is 159 Å². The number of aliphatic carboxylic acids is 1. The minimum absolute atomic E-state index is 0.0843. The molecule has 0 saturated carbocycles. The molecule has 2 aromatic rings. The van der Waals surface area contributed by atoms with Crippen LogP contribution in [0, 0.1) is 16.1 Å². The van der Waals surface area contributed by atoms with Gasteiger partial charge in [0, 0.05) is 5.56 Å². The highest BCUT2D eigenvalue weighted by molar-refractivity contribution is 7.71. The Kier molecular flexibility index (Phi) is 6.91. The number of carbonyl (C=O) groups is 1. The van der Waals surface area contributed by atoms with E-state index in [2.05, 4.69) is 9.97 Å². The van der Waals surface area contributed by atoms with Crippen molar-refractivity contribution in [3.63, 3.8) is 0 Å². The molecule has 3 N–H and O–H groups in total. The Morgan fingerprint density at radius 1 is 1.33 bits per heavy atom. The molecular formula is C18H17N3O5S. The van der Waals surface area contributed by atoms with Crippen molar-refractivity contribution >= 4 is 30.3 Å². The van der Waals surface area contributed by atoms with Crippen molar-refractivity contribution in [2.45, 2.75) is 13.3 Å². The molecule has 0 aliphatic heterocycles. The van der Waals surface area contributed by atoms with Gasteiger partial charge in [0.2, 0.25) is 0 Å². The minimum atomic E-state index is -1.12. The van der Waals surface area contributed by atoms with E-state index < -0.39 is 18.1 Å². The maximum atomic E-state index is 11.8. The lowest BCUT2D eigenvalue weighted by molar-refractivity contribution is -0.139. The largest absolute Gasteiger partial charge is 0.490 e. The molecule has 1 aromatic carbocycles. The molecule has 0 aliphatic rings. The number of para-hydroxylation sites is 1. The van der Waals surface area contributed by atoms with Crippen molar-refractivity contribution in [2.24, 2.45) is 0 Å². The molecule has 27 heavy (non-hydrogen) atoms. The second-order valence-electron chi connectivity index (χ2n) is 5.35. The predicted octanol–water partition coefficient (Wildman–Crippen LogP) is 2.73. The molecule has 9 heteroatoms. The molecule has 8 nitrogen and oxygen atoms in total. The van der Waals surface area contributed by atoms with Crippen LogP contribution >= 0.6 is 12.2 Å². The molecule has 1 aromatic heterocycles. The number of hydrogen-bond donors (Lipinski definition) is 3. The quantitative estimate of drug-likeness (QED) is 0.594. The van der Waals surface area contributed by atoms with Gasteiger partial charge in [0.05, 0.1) is 12.3 Å². The summed E-state index contributed by atoms with van der Waals surface area (Å²) in [5, 5.41) is 18.1. The number of carboxylic acid groups (broad SMARTS) is 1. The Hall–Kier alpha value is -3.38. The Balaban J connectivity index is 2.47. The van der Waals surface area contributed by atoms with Crippen molar-refractivity contribution in [1.29, 1.82) is 5.26 Å². The molecule has 0 radical (unpaired) electrons. The summed E-state index contributed by atoms with van der Waals surface area (Å²) in [4.78, 5) is 27.8. The molecule has 0 aliphatic carbocycles. The molecule has 0 amide bonds. The first-order valence-corrected chi connectivity index (χ1v) is 8.42. The molecule has 0 saturated heterocycles. The van der Waals surface area contributed by atoms with E-state index >= 15 is 0 Å². The maximum absolute atomic E-state index is 11.8. The molecule has 2 rings (SSSR count). The van der Waals surface area contributed by atoms with Crippen LogP contribution in [0.25, 0.3) is 12.2 Å². The number of carboxylic acids is 1. The zero-order chi connectivity index (χ0) is 19.8. The summed E-state index contributed by atoms with van der Waals surface area (Å²) in [6.45, 7) is 1.85. The highest BCUT2D eigenvalue weighted by atomic mass is 32.1. The van der Waals surface area contributed by atoms with Gasteiger partial charge in [-0.25, -0.2) is 4.79 Å². The van der Waals surface area contributed by atoms with Gasteiger partial charge in [-0.3, -0.25) is 9.78 Å². The number of benzene rings is 1. The van der Waals surface area contributed by atoms with Crippen LogP contribution < -0.4 is 15.0 Å². The lowest BCUT2D eigenvalue weighted by Gasteiger charge is -2.13. The van der Waals surface area contributed by atoms with Crippen molar-refractivity contribution < 1.29 is 19.4 Å². The van der Waals surface area contributed by atoms with Crippen LogP contribution in [-0.2, 0) is 4.79 Å². The fourth-order valence-corrected chi connectivity index (χ4v) is 2.39. The van der Waals surface area contributed by atoms with E-state index in [1.165, 1.54) is 6.08 Å². The third kappa shape index (κ3) is 5.29. The van der Waals surface area contributed by atoms with Gasteiger partial charge in [0.15, 0.2) is 22.9 Å². The number of rotatable bonds is 8. The lowest BCUT2D eigenvalue weighted by Crippen LogP contribution is -2.13. The summed E-state index contributed by atoms with van der Waals surface area (Å²) in [5.41, 5.74) is 0.0400. The van der Waals surface area contributed by atoms with Gasteiger partial charge < -0.3 is 19.6 Å². The molecule has 0 fully saturated rings. The molecular weight excluding hydrogens is 370 g/mol. The molecule has 0 unspecified atom stereocenters. The minimum Gasteiger partial charge on any atom is -0.490 e. The Bertz CT molecular complexity index is 1020. The van der Waals surface area contributed by atoms with Crippen LogP contribution in [0.2, 0.25) is 0 Å². The van der Waals surface area contributed by atoms with Gasteiger partial charge in [-0.2, -0.15) is 5.26 Å². The number of nitrogens with one attached hydrogen (secondary N) is 2. The molecule has 0 bridgehead atoms. The van der Waals surface area contributed by atoms with E-state index in [1.54, 1.807) is 24.3 Å². The topological polar surface area (TPSA) is 128 Å². The summed E-state index contributed by atoms with van der Waals surface area (Å²) >= 11 is 4.93. The standard InChI is InChI=1S/C18H17N3O5S/c1-2-8-25-14-5-3-4-11(16(14)26-10-15(22)23)6-7-13-12(9-19)17(24)21-18(27)20-13/h3-7H,2,8,10H2,1H3,(H,22,23)(H2,20,21,24,27)/b7-6+. The van der Waals surface area contributed by atoms with Gasteiger partial charge in [-0.1, -0.05) is 19.1 Å². The van der Waals surface area contributed by atoms with Crippen LogP contribution in [0.5, 0.6) is 11.5 Å². The molecule has 0 atom stereocenters. The van der Waals surface area contributed by atoms with Crippen LogP contribution in [0.3, 0.4) is 0 Å². The molecule has 1 heterocycles. The second-order valence-corrected chi connectivity index (χ2v) is 5.76. The average Bonchev–Trinajstić information content (AvgIpc) is 2.62. The maximum Gasteiger partial charge on any atom is 0.341 e. The smallest absolute Gasteiger partial charge is 0.341 e. The lowest BCUT2D eigenvalue weighted by atomic mass is 10.1. The van der Waals surface area contributed by atoms with E-state index in [-0.39, 0.29) is 21.8 Å². The van der Waals surface area contributed by atoms with Crippen molar-refractivity contribution in [2.75, 3.05) is 13.2 Å². The Morgan fingerprint density at radius 3 is 2.78 bits per heavy atom. The van der Waals surface area contributed by atoms with Gasteiger partial charge >= 0.3 is 5.97 Å². The number of aromatic amines is 2. The number of H-pyrrole nitrogens is 2. The van der Waals surface area contributed by atoms with Crippen LogP contribution in [0.15, 0.2) is 23.0 Å². The highest BCUT2D eigenvalue weighted by Gasteiger charge is 2.12. The average molecular weight is 387 g/mol. The number of aromatic nitrogens is 2. The summed E-state index contributed by atoms with van der Waals surface area (Å²) in [6.07, 6.45) is 3.85. The van der Waals surface area contributed by atoms with Crippen LogP contribution in [-0.4, -0.2) is 34.3 Å². The number of hydrogen-bond acceptors (Lipinski definition) is 6. The van der Waals surface area contributed by atoms with Gasteiger partial charge in [0.1, 0.15) is 11.6 Å². The van der Waals surface area contributed by atoms with E-state index in [1.807, 2.05) is 13.0 Å². The normalized spacial score (nSPS) is 10.5. The van der Waals surface area contributed by atoms with E-state index in [9.17, 15) is 9.59 Å². The van der Waals surface area contributed by atoms with E-state index in [4.69, 9.17) is 32.1 Å². The third-order valence-corrected chi connectivity index (χ3v) is 3.53. The summed E-state index contributed by atoms with van der Waals surface area (Å²) in [7, 11) is 0. The number of ether oxygens (including phenoxy) is 2. The number of nitriles is 1. The highest BCUT2D eigenvalue weighted by Crippen LogP contribution is 2.33. The monoisotopic (exact) mass is 387 g/mol.